The zero-order valence-corrected chi connectivity index (χ0v) is 20.0. The molecule has 1 aliphatic rings. The number of amides is 1. The van der Waals surface area contributed by atoms with Crippen molar-refractivity contribution in [3.05, 3.63) is 66.2 Å². The molecule has 1 saturated heterocycles. The molecule has 1 N–H and O–H groups in total. The Morgan fingerprint density at radius 3 is 2.44 bits per heavy atom. The summed E-state index contributed by atoms with van der Waals surface area (Å²) in [6.07, 6.45) is 3.82. The second-order valence-corrected chi connectivity index (χ2v) is 8.95. The molecular formula is C26H28N4O3S. The molecule has 1 aromatic heterocycles. The van der Waals surface area contributed by atoms with Gasteiger partial charge in [0.05, 0.1) is 29.3 Å². The van der Waals surface area contributed by atoms with Crippen LogP contribution in [0.2, 0.25) is 0 Å². The Labute approximate surface area is 203 Å². The summed E-state index contributed by atoms with van der Waals surface area (Å²) in [6, 6.07) is 19.0. The van der Waals surface area contributed by atoms with Gasteiger partial charge in [0.1, 0.15) is 5.03 Å². The van der Waals surface area contributed by atoms with E-state index in [0.717, 1.165) is 24.3 Å². The van der Waals surface area contributed by atoms with Gasteiger partial charge in [0.25, 0.3) is 0 Å². The number of carbonyl (C=O) groups is 2. The van der Waals surface area contributed by atoms with Gasteiger partial charge in [-0.05, 0) is 62.6 Å². The van der Waals surface area contributed by atoms with Crippen molar-refractivity contribution < 1.29 is 14.3 Å². The molecule has 3 aromatic rings. The van der Waals surface area contributed by atoms with Gasteiger partial charge in [0, 0.05) is 24.3 Å². The van der Waals surface area contributed by atoms with Gasteiger partial charge in [-0.15, -0.1) is 10.2 Å². The summed E-state index contributed by atoms with van der Waals surface area (Å²) in [4.78, 5) is 26.9. The molecule has 34 heavy (non-hydrogen) atoms. The van der Waals surface area contributed by atoms with Crippen LogP contribution in [0.15, 0.2) is 65.7 Å². The molecular weight excluding hydrogens is 448 g/mol. The normalized spacial score (nSPS) is 13.4. The van der Waals surface area contributed by atoms with E-state index in [1.807, 2.05) is 12.1 Å². The van der Waals surface area contributed by atoms with Crippen LogP contribution in [0.25, 0.3) is 11.3 Å². The van der Waals surface area contributed by atoms with Crippen molar-refractivity contribution in [1.82, 2.24) is 10.2 Å². The number of ether oxygens (including phenoxy) is 1. The number of para-hydroxylation sites is 1. The van der Waals surface area contributed by atoms with Crippen molar-refractivity contribution >= 4 is 35.0 Å². The topological polar surface area (TPSA) is 84.4 Å². The molecule has 0 radical (unpaired) electrons. The summed E-state index contributed by atoms with van der Waals surface area (Å²) in [5, 5.41) is 12.0. The number of carbonyl (C=O) groups excluding carboxylic acids is 2. The number of benzene rings is 2. The number of anilines is 2. The molecule has 2 heterocycles. The first-order valence-corrected chi connectivity index (χ1v) is 12.5. The first-order valence-electron chi connectivity index (χ1n) is 11.5. The summed E-state index contributed by atoms with van der Waals surface area (Å²) in [5.74, 6) is -0.548. The van der Waals surface area contributed by atoms with Crippen LogP contribution in [0.5, 0.6) is 0 Å². The number of hydrogen-bond donors (Lipinski definition) is 1. The second-order valence-electron chi connectivity index (χ2n) is 7.95. The number of nitrogens with one attached hydrogen (secondary N) is 1. The maximum absolute atomic E-state index is 12.4. The molecule has 0 unspecified atom stereocenters. The Balaban J connectivity index is 1.32. The molecule has 0 bridgehead atoms. The Morgan fingerprint density at radius 2 is 1.74 bits per heavy atom. The van der Waals surface area contributed by atoms with Crippen molar-refractivity contribution in [2.45, 2.75) is 31.2 Å². The maximum Gasteiger partial charge on any atom is 0.340 e. The third-order valence-corrected chi connectivity index (χ3v) is 6.49. The van der Waals surface area contributed by atoms with Gasteiger partial charge in [0.2, 0.25) is 5.91 Å². The molecule has 0 aliphatic carbocycles. The van der Waals surface area contributed by atoms with E-state index < -0.39 is 5.97 Å². The van der Waals surface area contributed by atoms with E-state index in [9.17, 15) is 9.59 Å². The first kappa shape index (κ1) is 23.8. The van der Waals surface area contributed by atoms with E-state index in [4.69, 9.17) is 4.74 Å². The van der Waals surface area contributed by atoms with E-state index in [0.29, 0.717) is 16.3 Å². The summed E-state index contributed by atoms with van der Waals surface area (Å²) in [7, 11) is 0. The number of rotatable bonds is 8. The maximum atomic E-state index is 12.4. The van der Waals surface area contributed by atoms with Crippen LogP contribution in [0.1, 0.15) is 36.5 Å². The highest BCUT2D eigenvalue weighted by Gasteiger charge is 2.15. The standard InChI is InChI=1S/C26H28N4O3S/c1-2-33-26(32)21-8-4-5-9-23(21)27-24(31)18-34-25-15-14-22(28-29-25)19-10-12-20(13-11-19)30-16-6-3-7-17-30/h4-5,8-15H,2-3,6-7,16-18H2,1H3,(H,27,31). The van der Waals surface area contributed by atoms with Gasteiger partial charge in [0.15, 0.2) is 0 Å². The number of nitrogens with zero attached hydrogens (tertiary/aromatic N) is 3. The Hall–Kier alpha value is -3.39. The van der Waals surface area contributed by atoms with Gasteiger partial charge >= 0.3 is 5.97 Å². The minimum Gasteiger partial charge on any atom is -0.462 e. The zero-order valence-electron chi connectivity index (χ0n) is 19.2. The second kappa shape index (κ2) is 11.7. The average Bonchev–Trinajstić information content (AvgIpc) is 2.89. The monoisotopic (exact) mass is 476 g/mol. The van der Waals surface area contributed by atoms with Crippen molar-refractivity contribution in [2.75, 3.05) is 35.7 Å². The molecule has 1 fully saturated rings. The molecule has 0 saturated carbocycles. The number of thioether (sulfide) groups is 1. The van der Waals surface area contributed by atoms with Gasteiger partial charge in [-0.25, -0.2) is 4.79 Å². The number of esters is 1. The molecule has 4 rings (SSSR count). The Bertz CT molecular complexity index is 1110. The molecule has 2 aromatic carbocycles. The fraction of sp³-hybridized carbons (Fsp3) is 0.308. The third-order valence-electron chi connectivity index (χ3n) is 5.57. The van der Waals surface area contributed by atoms with Gasteiger partial charge < -0.3 is 15.0 Å². The van der Waals surface area contributed by atoms with E-state index >= 15 is 0 Å². The molecule has 0 atom stereocenters. The summed E-state index contributed by atoms with van der Waals surface area (Å²) in [6.45, 7) is 4.25. The van der Waals surface area contributed by atoms with Crippen LogP contribution in [0.3, 0.4) is 0 Å². The minimum absolute atomic E-state index is 0.149. The summed E-state index contributed by atoms with van der Waals surface area (Å²) in [5.41, 5.74) is 3.82. The van der Waals surface area contributed by atoms with Crippen LogP contribution in [0, 0.1) is 0 Å². The lowest BCUT2D eigenvalue weighted by Crippen LogP contribution is -2.29. The van der Waals surface area contributed by atoms with E-state index in [-0.39, 0.29) is 18.3 Å². The average molecular weight is 477 g/mol. The highest BCUT2D eigenvalue weighted by Crippen LogP contribution is 2.25. The molecule has 8 heteroatoms. The SMILES string of the molecule is CCOC(=O)c1ccccc1NC(=O)CSc1ccc(-c2ccc(N3CCCCC3)cc2)nn1. The fourth-order valence-electron chi connectivity index (χ4n) is 3.85. The van der Waals surface area contributed by atoms with Crippen LogP contribution < -0.4 is 10.2 Å². The van der Waals surface area contributed by atoms with Gasteiger partial charge in [-0.1, -0.05) is 36.0 Å². The molecule has 0 spiro atoms. The Morgan fingerprint density at radius 1 is 0.971 bits per heavy atom. The molecule has 1 aliphatic heterocycles. The molecule has 176 valence electrons. The van der Waals surface area contributed by atoms with Gasteiger partial charge in [-0.3, -0.25) is 4.79 Å². The lowest BCUT2D eigenvalue weighted by atomic mass is 10.1. The predicted octanol–water partition coefficient (Wildman–Crippen LogP) is 5.04. The molecule has 7 nitrogen and oxygen atoms in total. The molecule has 1 amide bonds. The first-order chi connectivity index (χ1) is 16.6. The highest BCUT2D eigenvalue weighted by molar-refractivity contribution is 7.99. The lowest BCUT2D eigenvalue weighted by Gasteiger charge is -2.28. The smallest absolute Gasteiger partial charge is 0.340 e. The Kier molecular flexibility index (Phi) is 8.14. The van der Waals surface area contributed by atoms with E-state index in [1.54, 1.807) is 31.2 Å². The van der Waals surface area contributed by atoms with Crippen LogP contribution in [0.4, 0.5) is 11.4 Å². The lowest BCUT2D eigenvalue weighted by molar-refractivity contribution is -0.113. The van der Waals surface area contributed by atoms with Crippen molar-refractivity contribution in [3.63, 3.8) is 0 Å². The number of aromatic nitrogens is 2. The van der Waals surface area contributed by atoms with Crippen LogP contribution in [-0.4, -0.2) is 47.5 Å². The van der Waals surface area contributed by atoms with Crippen LogP contribution >= 0.6 is 11.8 Å². The fourth-order valence-corrected chi connectivity index (χ4v) is 4.46. The van der Waals surface area contributed by atoms with Crippen LogP contribution in [-0.2, 0) is 9.53 Å². The number of piperidine rings is 1. The largest absolute Gasteiger partial charge is 0.462 e. The summed E-state index contributed by atoms with van der Waals surface area (Å²) < 4.78 is 5.05. The van der Waals surface area contributed by atoms with Gasteiger partial charge in [-0.2, -0.15) is 0 Å². The van der Waals surface area contributed by atoms with E-state index in [2.05, 4.69) is 44.7 Å². The summed E-state index contributed by atoms with van der Waals surface area (Å²) >= 11 is 1.29. The predicted molar refractivity (Wildman–Crippen MR) is 135 cm³/mol. The van der Waals surface area contributed by atoms with Crippen molar-refractivity contribution in [2.24, 2.45) is 0 Å². The number of hydrogen-bond acceptors (Lipinski definition) is 7. The highest BCUT2D eigenvalue weighted by atomic mass is 32.2. The van der Waals surface area contributed by atoms with Crippen molar-refractivity contribution in [1.29, 1.82) is 0 Å². The van der Waals surface area contributed by atoms with Crippen molar-refractivity contribution in [3.8, 4) is 11.3 Å². The zero-order chi connectivity index (χ0) is 23.8. The minimum atomic E-state index is -0.462. The quantitative estimate of drug-likeness (QED) is 0.360. The third kappa shape index (κ3) is 6.14. The van der Waals surface area contributed by atoms with E-state index in [1.165, 1.54) is 36.7 Å².